The molecule has 0 atom stereocenters. The average Bonchev–Trinajstić information content (AvgIpc) is 2.14. The lowest BCUT2D eigenvalue weighted by molar-refractivity contribution is -0.138. The number of carbonyl (C=O) groups is 1. The van der Waals surface area contributed by atoms with Crippen LogP contribution >= 0.6 is 15.9 Å². The highest BCUT2D eigenvalue weighted by Gasteiger charge is 2.38. The molecule has 1 aromatic rings. The van der Waals surface area contributed by atoms with E-state index in [1.807, 2.05) is 0 Å². The Labute approximate surface area is 96.2 Å². The lowest BCUT2D eigenvalue weighted by Crippen LogP contribution is -2.15. The van der Waals surface area contributed by atoms with E-state index < -0.39 is 28.8 Å². The predicted octanol–water partition coefficient (Wildman–Crippen LogP) is 3.04. The van der Waals surface area contributed by atoms with Gasteiger partial charge in [-0.25, -0.2) is 4.79 Å². The molecule has 1 rings (SSSR count). The number of aromatic carboxylic acids is 1. The van der Waals surface area contributed by atoms with Gasteiger partial charge in [0.15, 0.2) is 0 Å². The highest BCUT2D eigenvalue weighted by atomic mass is 79.9. The maximum Gasteiger partial charge on any atom is 0.418 e. The third-order valence-corrected chi connectivity index (χ3v) is 2.20. The molecule has 3 nitrogen and oxygen atoms in total. The zero-order chi connectivity index (χ0) is 12.5. The van der Waals surface area contributed by atoms with Gasteiger partial charge in [-0.15, -0.1) is 0 Å². The Morgan fingerprint density at radius 2 is 2.00 bits per heavy atom. The summed E-state index contributed by atoms with van der Waals surface area (Å²) in [6.07, 6.45) is -4.88. The smallest absolute Gasteiger partial charge is 0.418 e. The Hall–Kier alpha value is -1.55. The van der Waals surface area contributed by atoms with Gasteiger partial charge in [-0.2, -0.15) is 18.4 Å². The topological polar surface area (TPSA) is 61.1 Å². The number of nitrogens with zero attached hydrogens (tertiary/aromatic N) is 1. The highest BCUT2D eigenvalue weighted by molar-refractivity contribution is 9.10. The van der Waals surface area contributed by atoms with E-state index in [1.54, 1.807) is 0 Å². The summed E-state index contributed by atoms with van der Waals surface area (Å²) in [6.45, 7) is 0. The average molecular weight is 294 g/mol. The molecule has 16 heavy (non-hydrogen) atoms. The summed E-state index contributed by atoms with van der Waals surface area (Å²) < 4.78 is 37.8. The van der Waals surface area contributed by atoms with Crippen LogP contribution in [0.5, 0.6) is 0 Å². The van der Waals surface area contributed by atoms with E-state index in [1.165, 1.54) is 6.07 Å². The molecule has 0 aliphatic heterocycles. The summed E-state index contributed by atoms with van der Waals surface area (Å²) in [7, 11) is 0. The van der Waals surface area contributed by atoms with Crippen LogP contribution in [0.2, 0.25) is 0 Å². The molecular weight excluding hydrogens is 291 g/mol. The predicted molar refractivity (Wildman–Crippen MR) is 50.8 cm³/mol. The van der Waals surface area contributed by atoms with Crippen LogP contribution in [0.4, 0.5) is 13.2 Å². The van der Waals surface area contributed by atoms with E-state index in [-0.39, 0.29) is 4.47 Å². The molecule has 1 N–H and O–H groups in total. The number of nitriles is 1. The van der Waals surface area contributed by atoms with Gasteiger partial charge in [0.05, 0.1) is 22.8 Å². The zero-order valence-corrected chi connectivity index (χ0v) is 9.06. The summed E-state index contributed by atoms with van der Waals surface area (Å²) in [4.78, 5) is 10.7. The number of benzene rings is 1. The molecule has 0 spiro atoms. The van der Waals surface area contributed by atoms with Gasteiger partial charge in [-0.05, 0) is 12.1 Å². The van der Waals surface area contributed by atoms with Gasteiger partial charge < -0.3 is 5.11 Å². The number of carboxylic acid groups (broad SMARTS) is 1. The largest absolute Gasteiger partial charge is 0.478 e. The van der Waals surface area contributed by atoms with Gasteiger partial charge in [0.25, 0.3) is 0 Å². The van der Waals surface area contributed by atoms with E-state index in [0.717, 1.165) is 12.1 Å². The molecule has 84 valence electrons. The van der Waals surface area contributed by atoms with Gasteiger partial charge in [-0.3, -0.25) is 0 Å². The lowest BCUT2D eigenvalue weighted by Gasteiger charge is -2.12. The first-order chi connectivity index (χ1) is 7.27. The van der Waals surface area contributed by atoms with Crippen LogP contribution in [0.3, 0.4) is 0 Å². The maximum absolute atomic E-state index is 12.6. The van der Waals surface area contributed by atoms with Crippen LogP contribution < -0.4 is 0 Å². The van der Waals surface area contributed by atoms with Crippen LogP contribution in [0.25, 0.3) is 0 Å². The molecule has 0 aliphatic carbocycles. The standard InChI is InChI=1S/C9H3BrF3NO2/c10-5-1-4(3-14)7(9(11,12)13)6(2-5)8(15)16/h1-2H,(H,15,16). The second kappa shape index (κ2) is 4.14. The van der Waals surface area contributed by atoms with Crippen molar-refractivity contribution in [3.63, 3.8) is 0 Å². The van der Waals surface area contributed by atoms with Gasteiger partial charge in [-0.1, -0.05) is 15.9 Å². The molecule has 0 saturated heterocycles. The molecule has 0 fully saturated rings. The van der Waals surface area contributed by atoms with Crippen molar-refractivity contribution in [1.29, 1.82) is 5.26 Å². The molecule has 0 aromatic heterocycles. The lowest BCUT2D eigenvalue weighted by atomic mass is 10.0. The monoisotopic (exact) mass is 293 g/mol. The van der Waals surface area contributed by atoms with Crippen molar-refractivity contribution in [2.45, 2.75) is 6.18 Å². The molecular formula is C9H3BrF3NO2. The van der Waals surface area contributed by atoms with Gasteiger partial charge in [0.2, 0.25) is 0 Å². The summed E-state index contributed by atoms with van der Waals surface area (Å²) in [5.41, 5.74) is -3.09. The van der Waals surface area contributed by atoms with Crippen LogP contribution in [-0.2, 0) is 6.18 Å². The third kappa shape index (κ3) is 2.33. The fourth-order valence-corrected chi connectivity index (χ4v) is 1.63. The molecule has 0 radical (unpaired) electrons. The number of hydrogen-bond acceptors (Lipinski definition) is 2. The number of halogens is 4. The maximum atomic E-state index is 12.6. The summed E-state index contributed by atoms with van der Waals surface area (Å²) in [6, 6.07) is 3.06. The van der Waals surface area contributed by atoms with Crippen molar-refractivity contribution in [2.75, 3.05) is 0 Å². The van der Waals surface area contributed by atoms with Crippen molar-refractivity contribution in [3.8, 4) is 6.07 Å². The number of rotatable bonds is 1. The number of alkyl halides is 3. The van der Waals surface area contributed by atoms with Crippen LogP contribution in [0, 0.1) is 11.3 Å². The molecule has 0 amide bonds. The molecule has 7 heteroatoms. The third-order valence-electron chi connectivity index (χ3n) is 1.74. The Bertz CT molecular complexity index is 491. The van der Waals surface area contributed by atoms with Crippen molar-refractivity contribution in [2.24, 2.45) is 0 Å². The Morgan fingerprint density at radius 3 is 2.38 bits per heavy atom. The Morgan fingerprint density at radius 1 is 1.44 bits per heavy atom. The van der Waals surface area contributed by atoms with Crippen LogP contribution in [0.1, 0.15) is 21.5 Å². The fourth-order valence-electron chi connectivity index (χ4n) is 1.17. The van der Waals surface area contributed by atoms with Crippen molar-refractivity contribution >= 4 is 21.9 Å². The quantitative estimate of drug-likeness (QED) is 0.866. The Kier molecular flexibility index (Phi) is 3.24. The molecule has 0 heterocycles. The van der Waals surface area contributed by atoms with Gasteiger partial charge in [0, 0.05) is 4.47 Å². The van der Waals surface area contributed by atoms with Crippen molar-refractivity contribution in [1.82, 2.24) is 0 Å². The molecule has 1 aromatic carbocycles. The minimum absolute atomic E-state index is 0.106. The zero-order valence-electron chi connectivity index (χ0n) is 7.47. The fraction of sp³-hybridized carbons (Fsp3) is 0.111. The minimum Gasteiger partial charge on any atom is -0.478 e. The van der Waals surface area contributed by atoms with Crippen LogP contribution in [-0.4, -0.2) is 11.1 Å². The van der Waals surface area contributed by atoms with E-state index >= 15 is 0 Å². The second-order valence-electron chi connectivity index (χ2n) is 2.79. The molecule has 0 unspecified atom stereocenters. The van der Waals surface area contributed by atoms with Crippen molar-refractivity contribution < 1.29 is 23.1 Å². The van der Waals surface area contributed by atoms with Crippen molar-refractivity contribution in [3.05, 3.63) is 33.3 Å². The van der Waals surface area contributed by atoms with Crippen LogP contribution in [0.15, 0.2) is 16.6 Å². The molecule has 0 aliphatic rings. The first-order valence-electron chi connectivity index (χ1n) is 3.81. The molecule has 0 saturated carbocycles. The normalized spacial score (nSPS) is 10.9. The van der Waals surface area contributed by atoms with E-state index in [4.69, 9.17) is 10.4 Å². The summed E-state index contributed by atoms with van der Waals surface area (Å²) in [5.74, 6) is -1.73. The first kappa shape index (κ1) is 12.5. The summed E-state index contributed by atoms with van der Waals surface area (Å²) >= 11 is 2.84. The van der Waals surface area contributed by atoms with E-state index in [0.29, 0.717) is 0 Å². The summed E-state index contributed by atoms with van der Waals surface area (Å²) in [5, 5.41) is 17.2. The van der Waals surface area contributed by atoms with E-state index in [9.17, 15) is 18.0 Å². The van der Waals surface area contributed by atoms with Gasteiger partial charge >= 0.3 is 12.1 Å². The number of hydrogen-bond donors (Lipinski definition) is 1. The van der Waals surface area contributed by atoms with E-state index in [2.05, 4.69) is 15.9 Å². The first-order valence-corrected chi connectivity index (χ1v) is 4.60. The SMILES string of the molecule is N#Cc1cc(Br)cc(C(=O)O)c1C(F)(F)F. The van der Waals surface area contributed by atoms with Gasteiger partial charge in [0.1, 0.15) is 0 Å². The minimum atomic E-state index is -4.88. The highest BCUT2D eigenvalue weighted by Crippen LogP contribution is 2.36. The Balaban J connectivity index is 3.67. The second-order valence-corrected chi connectivity index (χ2v) is 3.71. The molecule has 0 bridgehead atoms. The number of carboxylic acids is 1.